The van der Waals surface area contributed by atoms with E-state index in [1.54, 1.807) is 6.07 Å². The molecule has 1 aromatic carbocycles. The van der Waals surface area contributed by atoms with Crippen LogP contribution in [0.3, 0.4) is 0 Å². The highest BCUT2D eigenvalue weighted by Gasteiger charge is 2.24. The fourth-order valence-corrected chi connectivity index (χ4v) is 2.12. The summed E-state index contributed by atoms with van der Waals surface area (Å²) < 4.78 is 4.97. The van der Waals surface area contributed by atoms with Gasteiger partial charge in [0, 0.05) is 17.8 Å². The summed E-state index contributed by atoms with van der Waals surface area (Å²) in [7, 11) is 1.44. The number of ether oxygens (including phenoxy) is 1. The molecule has 0 radical (unpaired) electrons. The lowest BCUT2D eigenvalue weighted by Gasteiger charge is -2.15. The molecular formula is C13H18N2O3. The van der Waals surface area contributed by atoms with Crippen LogP contribution in [0.15, 0.2) is 18.2 Å². The molecule has 1 aliphatic carbocycles. The average molecular weight is 250 g/mol. The first kappa shape index (κ1) is 12.7. The molecule has 1 saturated carbocycles. The summed E-state index contributed by atoms with van der Waals surface area (Å²) in [5.74, 6) is 1.13. The van der Waals surface area contributed by atoms with Gasteiger partial charge in [0.05, 0.1) is 12.0 Å². The SMILES string of the molecule is COc1ccc(NC(C)CC2CC2)cc1[N+](=O)[O-]. The van der Waals surface area contributed by atoms with Crippen LogP contribution in [0.25, 0.3) is 0 Å². The van der Waals surface area contributed by atoms with E-state index in [0.29, 0.717) is 11.8 Å². The van der Waals surface area contributed by atoms with E-state index in [4.69, 9.17) is 4.74 Å². The number of hydrogen-bond donors (Lipinski definition) is 1. The number of anilines is 1. The van der Waals surface area contributed by atoms with Crippen LogP contribution in [0.2, 0.25) is 0 Å². The fraction of sp³-hybridized carbons (Fsp3) is 0.538. The molecule has 2 rings (SSSR count). The molecule has 0 heterocycles. The van der Waals surface area contributed by atoms with Crippen molar-refractivity contribution in [3.8, 4) is 5.75 Å². The van der Waals surface area contributed by atoms with Gasteiger partial charge in [-0.3, -0.25) is 10.1 Å². The Balaban J connectivity index is 2.07. The van der Waals surface area contributed by atoms with Gasteiger partial charge in [-0.25, -0.2) is 0 Å². The number of nitro benzene ring substituents is 1. The lowest BCUT2D eigenvalue weighted by atomic mass is 10.1. The van der Waals surface area contributed by atoms with Crippen molar-refractivity contribution in [2.24, 2.45) is 5.92 Å². The van der Waals surface area contributed by atoms with Gasteiger partial charge in [0.2, 0.25) is 0 Å². The molecule has 0 saturated heterocycles. The zero-order valence-electron chi connectivity index (χ0n) is 10.7. The third-order valence-corrected chi connectivity index (χ3v) is 3.17. The summed E-state index contributed by atoms with van der Waals surface area (Å²) in [5.41, 5.74) is 0.775. The van der Waals surface area contributed by atoms with Crippen LogP contribution in [0.4, 0.5) is 11.4 Å². The van der Waals surface area contributed by atoms with Crippen LogP contribution in [0.1, 0.15) is 26.2 Å². The average Bonchev–Trinajstić information content (AvgIpc) is 3.12. The molecule has 1 fully saturated rings. The second kappa shape index (κ2) is 5.25. The third-order valence-electron chi connectivity index (χ3n) is 3.17. The van der Waals surface area contributed by atoms with Crippen molar-refractivity contribution in [2.75, 3.05) is 12.4 Å². The predicted octanol–water partition coefficient (Wildman–Crippen LogP) is 3.20. The summed E-state index contributed by atoms with van der Waals surface area (Å²) >= 11 is 0. The number of nitrogens with zero attached hydrogens (tertiary/aromatic N) is 1. The summed E-state index contributed by atoms with van der Waals surface area (Å²) in [4.78, 5) is 10.5. The number of nitrogens with one attached hydrogen (secondary N) is 1. The summed E-state index contributed by atoms with van der Waals surface area (Å²) in [6.45, 7) is 2.11. The van der Waals surface area contributed by atoms with Crippen molar-refractivity contribution in [3.05, 3.63) is 28.3 Å². The molecule has 5 heteroatoms. The van der Waals surface area contributed by atoms with E-state index in [0.717, 1.165) is 18.0 Å². The Hall–Kier alpha value is -1.78. The molecule has 1 aliphatic rings. The molecule has 1 aromatic rings. The maximum atomic E-state index is 10.9. The highest BCUT2D eigenvalue weighted by Crippen LogP contribution is 2.35. The normalized spacial score (nSPS) is 16.1. The predicted molar refractivity (Wildman–Crippen MR) is 70.1 cm³/mol. The van der Waals surface area contributed by atoms with Crippen LogP contribution in [-0.2, 0) is 0 Å². The van der Waals surface area contributed by atoms with Gasteiger partial charge in [-0.15, -0.1) is 0 Å². The van der Waals surface area contributed by atoms with Gasteiger partial charge in [0.1, 0.15) is 0 Å². The van der Waals surface area contributed by atoms with Gasteiger partial charge < -0.3 is 10.1 Å². The van der Waals surface area contributed by atoms with E-state index in [2.05, 4.69) is 12.2 Å². The van der Waals surface area contributed by atoms with Crippen molar-refractivity contribution < 1.29 is 9.66 Å². The van der Waals surface area contributed by atoms with Gasteiger partial charge in [-0.1, -0.05) is 12.8 Å². The van der Waals surface area contributed by atoms with E-state index in [-0.39, 0.29) is 5.69 Å². The summed E-state index contributed by atoms with van der Waals surface area (Å²) in [6, 6.07) is 5.31. The number of methoxy groups -OCH3 is 1. The maximum absolute atomic E-state index is 10.9. The van der Waals surface area contributed by atoms with E-state index in [9.17, 15) is 10.1 Å². The Labute approximate surface area is 106 Å². The Bertz CT molecular complexity index is 444. The van der Waals surface area contributed by atoms with Crippen molar-refractivity contribution in [3.63, 3.8) is 0 Å². The molecular weight excluding hydrogens is 232 g/mol. The van der Waals surface area contributed by atoms with Gasteiger partial charge >= 0.3 is 5.69 Å². The first-order valence-corrected chi connectivity index (χ1v) is 6.19. The minimum Gasteiger partial charge on any atom is -0.490 e. The minimum atomic E-state index is -0.421. The lowest BCUT2D eigenvalue weighted by Crippen LogP contribution is -2.15. The second-order valence-electron chi connectivity index (χ2n) is 4.87. The number of rotatable bonds is 6. The molecule has 98 valence electrons. The first-order chi connectivity index (χ1) is 8.60. The van der Waals surface area contributed by atoms with Gasteiger partial charge in [-0.2, -0.15) is 0 Å². The van der Waals surface area contributed by atoms with Crippen LogP contribution < -0.4 is 10.1 Å². The molecule has 0 aromatic heterocycles. The van der Waals surface area contributed by atoms with Gasteiger partial charge in [-0.05, 0) is 31.4 Å². The summed E-state index contributed by atoms with van der Waals surface area (Å²) in [6.07, 6.45) is 3.75. The van der Waals surface area contributed by atoms with Crippen LogP contribution in [0.5, 0.6) is 5.75 Å². The largest absolute Gasteiger partial charge is 0.490 e. The Kier molecular flexibility index (Phi) is 3.69. The first-order valence-electron chi connectivity index (χ1n) is 6.19. The molecule has 0 bridgehead atoms. The monoisotopic (exact) mass is 250 g/mol. The van der Waals surface area contributed by atoms with E-state index in [1.807, 2.05) is 6.07 Å². The van der Waals surface area contributed by atoms with Crippen LogP contribution in [0, 0.1) is 16.0 Å². The smallest absolute Gasteiger partial charge is 0.312 e. The van der Waals surface area contributed by atoms with Gasteiger partial charge in [0.25, 0.3) is 0 Å². The lowest BCUT2D eigenvalue weighted by molar-refractivity contribution is -0.385. The molecule has 0 amide bonds. The Morgan fingerprint density at radius 2 is 2.28 bits per heavy atom. The Morgan fingerprint density at radius 3 is 2.83 bits per heavy atom. The topological polar surface area (TPSA) is 64.4 Å². The molecule has 0 aliphatic heterocycles. The van der Waals surface area contributed by atoms with Gasteiger partial charge in [0.15, 0.2) is 5.75 Å². The molecule has 0 spiro atoms. The van der Waals surface area contributed by atoms with Crippen molar-refractivity contribution in [2.45, 2.75) is 32.2 Å². The molecule has 1 unspecified atom stereocenters. The van der Waals surface area contributed by atoms with E-state index in [1.165, 1.54) is 26.0 Å². The minimum absolute atomic E-state index is 0.00104. The van der Waals surface area contributed by atoms with Crippen molar-refractivity contribution in [1.82, 2.24) is 0 Å². The van der Waals surface area contributed by atoms with E-state index >= 15 is 0 Å². The molecule has 1 atom stereocenters. The standard InChI is InChI=1S/C13H18N2O3/c1-9(7-10-3-4-10)14-11-5-6-13(18-2)12(8-11)15(16)17/h5-6,8-10,14H,3-4,7H2,1-2H3. The third kappa shape index (κ3) is 3.12. The fourth-order valence-electron chi connectivity index (χ4n) is 2.12. The number of hydrogen-bond acceptors (Lipinski definition) is 4. The molecule has 18 heavy (non-hydrogen) atoms. The second-order valence-corrected chi connectivity index (χ2v) is 4.87. The quantitative estimate of drug-likeness (QED) is 0.622. The van der Waals surface area contributed by atoms with Crippen molar-refractivity contribution >= 4 is 11.4 Å². The van der Waals surface area contributed by atoms with Crippen LogP contribution in [-0.4, -0.2) is 18.1 Å². The van der Waals surface area contributed by atoms with Crippen molar-refractivity contribution in [1.29, 1.82) is 0 Å². The van der Waals surface area contributed by atoms with Crippen LogP contribution >= 0.6 is 0 Å². The highest BCUT2D eigenvalue weighted by molar-refractivity contribution is 5.58. The van der Waals surface area contributed by atoms with E-state index < -0.39 is 4.92 Å². The highest BCUT2D eigenvalue weighted by atomic mass is 16.6. The maximum Gasteiger partial charge on any atom is 0.312 e. The number of benzene rings is 1. The molecule has 5 nitrogen and oxygen atoms in total. The number of nitro groups is 1. The zero-order valence-corrected chi connectivity index (χ0v) is 10.7. The summed E-state index contributed by atoms with van der Waals surface area (Å²) in [5, 5.41) is 14.2. The zero-order chi connectivity index (χ0) is 13.1. The Morgan fingerprint density at radius 1 is 1.56 bits per heavy atom. The molecule has 1 N–H and O–H groups in total.